The van der Waals surface area contributed by atoms with Crippen LogP contribution in [0.25, 0.3) is 0 Å². The predicted octanol–water partition coefficient (Wildman–Crippen LogP) is -5.06. The van der Waals surface area contributed by atoms with Crippen molar-refractivity contribution >= 4 is 33.7 Å². The summed E-state index contributed by atoms with van der Waals surface area (Å²) in [6, 6.07) is -1.36. The fraction of sp³-hybridized carbons (Fsp3) is 0.714. The van der Waals surface area contributed by atoms with Crippen molar-refractivity contribution in [2.75, 3.05) is 6.79 Å². The maximum atomic E-state index is 12.4. The Bertz CT molecular complexity index is 758. The van der Waals surface area contributed by atoms with Crippen molar-refractivity contribution in [1.82, 2.24) is 4.90 Å². The molecular formula is C14H18NNaO9S. The van der Waals surface area contributed by atoms with Crippen LogP contribution in [0.4, 0.5) is 0 Å². The van der Waals surface area contributed by atoms with Crippen molar-refractivity contribution in [3.05, 3.63) is 0 Å². The minimum Gasteiger partial charge on any atom is -0.549 e. The van der Waals surface area contributed by atoms with Crippen LogP contribution in [-0.4, -0.2) is 60.1 Å². The largest absolute Gasteiger partial charge is 1.00 e. The summed E-state index contributed by atoms with van der Waals surface area (Å²) < 4.78 is 32.5. The van der Waals surface area contributed by atoms with E-state index in [1.807, 2.05) is 0 Å². The Morgan fingerprint density at radius 3 is 2.27 bits per heavy atom. The third-order valence-electron chi connectivity index (χ3n) is 4.61. The van der Waals surface area contributed by atoms with Crippen LogP contribution in [0, 0.1) is 5.41 Å². The van der Waals surface area contributed by atoms with E-state index in [9.17, 15) is 32.7 Å². The second-order valence-electron chi connectivity index (χ2n) is 6.94. The van der Waals surface area contributed by atoms with Gasteiger partial charge in [0.15, 0.2) is 9.84 Å². The predicted molar refractivity (Wildman–Crippen MR) is 77.9 cm³/mol. The fourth-order valence-electron chi connectivity index (χ4n) is 2.69. The van der Waals surface area contributed by atoms with E-state index < -0.39 is 62.0 Å². The number of hydrogen-bond acceptors (Lipinski definition) is 9. The first-order valence-electron chi connectivity index (χ1n) is 7.36. The molecule has 140 valence electrons. The molecule has 0 unspecified atom stereocenters. The summed E-state index contributed by atoms with van der Waals surface area (Å²) in [5, 5.41) is 9.75. The third kappa shape index (κ3) is 3.25. The quantitative estimate of drug-likeness (QED) is 0.146. The number of ether oxygens (including phenoxy) is 2. The Hall–Kier alpha value is -1.17. The van der Waals surface area contributed by atoms with Crippen LogP contribution in [0.5, 0.6) is 0 Å². The van der Waals surface area contributed by atoms with Gasteiger partial charge < -0.3 is 24.3 Å². The molecule has 12 heteroatoms. The summed E-state index contributed by atoms with van der Waals surface area (Å²) in [7, 11) is -3.76. The average Bonchev–Trinajstić information content (AvgIpc) is 2.60. The van der Waals surface area contributed by atoms with Gasteiger partial charge in [0.2, 0.25) is 12.7 Å². The number of fused-ring (bicyclic) bond motifs is 1. The summed E-state index contributed by atoms with van der Waals surface area (Å²) in [6.45, 7) is 3.83. The van der Waals surface area contributed by atoms with E-state index >= 15 is 0 Å². The molecule has 0 spiro atoms. The molecule has 0 radical (unpaired) electrons. The third-order valence-corrected chi connectivity index (χ3v) is 7.41. The van der Waals surface area contributed by atoms with Gasteiger partial charge in [0, 0.05) is 0 Å². The van der Waals surface area contributed by atoms with Gasteiger partial charge in [-0.2, -0.15) is 0 Å². The Kier molecular flexibility index (Phi) is 6.24. The Morgan fingerprint density at radius 2 is 1.81 bits per heavy atom. The second-order valence-corrected chi connectivity index (χ2v) is 9.62. The maximum absolute atomic E-state index is 12.4. The smallest absolute Gasteiger partial charge is 0.549 e. The second kappa shape index (κ2) is 7.10. The van der Waals surface area contributed by atoms with Gasteiger partial charge >= 0.3 is 41.5 Å². The van der Waals surface area contributed by atoms with Crippen LogP contribution in [0.1, 0.15) is 34.1 Å². The van der Waals surface area contributed by atoms with E-state index in [-0.39, 0.29) is 36.0 Å². The van der Waals surface area contributed by atoms with Crippen molar-refractivity contribution in [3.8, 4) is 0 Å². The number of carbonyl (C=O) groups excluding carboxylic acids is 4. The summed E-state index contributed by atoms with van der Waals surface area (Å²) >= 11 is 0. The molecule has 0 N–H and O–H groups in total. The van der Waals surface area contributed by atoms with E-state index in [1.54, 1.807) is 0 Å². The van der Waals surface area contributed by atoms with Crippen LogP contribution in [0.2, 0.25) is 0 Å². The number of amides is 1. The van der Waals surface area contributed by atoms with Crippen molar-refractivity contribution in [3.63, 3.8) is 0 Å². The van der Waals surface area contributed by atoms with Gasteiger partial charge in [-0.15, -0.1) is 0 Å². The molecule has 2 heterocycles. The Morgan fingerprint density at radius 1 is 1.27 bits per heavy atom. The van der Waals surface area contributed by atoms with Crippen molar-refractivity contribution in [2.24, 2.45) is 5.41 Å². The molecule has 26 heavy (non-hydrogen) atoms. The molecule has 0 aliphatic carbocycles. The summed E-state index contributed by atoms with van der Waals surface area (Å²) in [4.78, 5) is 47.3. The molecule has 10 nitrogen and oxygen atoms in total. The molecule has 2 aliphatic heterocycles. The summed E-state index contributed by atoms with van der Waals surface area (Å²) in [5.41, 5.74) is -1.94. The number of aliphatic carboxylic acids is 1. The van der Waals surface area contributed by atoms with Crippen LogP contribution >= 0.6 is 0 Å². The zero-order valence-corrected chi connectivity index (χ0v) is 17.9. The molecule has 0 aromatic carbocycles. The fourth-order valence-corrected chi connectivity index (χ4v) is 4.82. The number of hydrogen-bond donors (Lipinski definition) is 0. The topological polar surface area (TPSA) is 147 Å². The number of carbonyl (C=O) groups is 4. The van der Waals surface area contributed by atoms with Crippen LogP contribution in [0.3, 0.4) is 0 Å². The molecule has 0 aromatic heterocycles. The first-order valence-corrected chi connectivity index (χ1v) is 8.90. The molecule has 2 saturated heterocycles. The van der Waals surface area contributed by atoms with E-state index in [2.05, 4.69) is 4.74 Å². The number of carboxylic acids is 1. The van der Waals surface area contributed by atoms with Gasteiger partial charge in [0.1, 0.15) is 16.8 Å². The maximum Gasteiger partial charge on any atom is 1.00 e. The first-order chi connectivity index (χ1) is 11.3. The Balaban J connectivity index is 0.00000338. The van der Waals surface area contributed by atoms with Gasteiger partial charge in [-0.25, -0.2) is 13.2 Å². The minimum atomic E-state index is -3.76. The summed E-state index contributed by atoms with van der Waals surface area (Å²) in [5.74, 6) is -4.39. The van der Waals surface area contributed by atoms with E-state index in [4.69, 9.17) is 4.74 Å². The summed E-state index contributed by atoms with van der Waals surface area (Å²) in [6.07, 6.45) is -0.190. The van der Waals surface area contributed by atoms with E-state index in [0.717, 1.165) is 18.7 Å². The average molecular weight is 399 g/mol. The molecule has 2 fully saturated rings. The molecule has 0 aromatic rings. The zero-order valence-electron chi connectivity index (χ0n) is 15.1. The van der Waals surface area contributed by atoms with Crippen LogP contribution < -0.4 is 34.7 Å². The molecule has 0 bridgehead atoms. The van der Waals surface area contributed by atoms with Crippen molar-refractivity contribution in [1.29, 1.82) is 0 Å². The number of rotatable bonds is 5. The van der Waals surface area contributed by atoms with Gasteiger partial charge in [-0.3, -0.25) is 9.59 Å². The van der Waals surface area contributed by atoms with Crippen LogP contribution in [0.15, 0.2) is 0 Å². The van der Waals surface area contributed by atoms with Crippen molar-refractivity contribution < 1.29 is 71.7 Å². The van der Waals surface area contributed by atoms with Gasteiger partial charge in [-0.1, -0.05) is 0 Å². The number of nitrogens with zero attached hydrogens (tertiary/aromatic N) is 1. The normalized spacial score (nSPS) is 25.4. The van der Waals surface area contributed by atoms with Gasteiger partial charge in [-0.05, 0) is 27.7 Å². The monoisotopic (exact) mass is 399 g/mol. The molecule has 2 rings (SSSR count). The standard InChI is InChI=1S/C14H19NO9S.Na/c1-13(2,11(18)19)12(20)24-6-23-10(17)9-14(3,4)25(21,22)8-5-7(16)15(8)9;/h8-9H,5-6H2,1-4H3,(H,18,19);/q;+1/p-1/t8-,9+;/m1./s1. The van der Waals surface area contributed by atoms with Gasteiger partial charge in [0.05, 0.1) is 17.1 Å². The SMILES string of the molecule is CC(C)(C(=O)[O-])C(=O)OCOC(=O)[C@@H]1N2C(=O)C[C@H]2S(=O)(=O)C1(C)C.[Na+]. The van der Waals surface area contributed by atoms with Crippen molar-refractivity contribution in [2.45, 2.75) is 50.3 Å². The first kappa shape index (κ1) is 22.9. The number of carboxylic acid groups (broad SMARTS) is 1. The Labute approximate surface area is 172 Å². The number of esters is 2. The number of β-lactam (4-membered cyclic amide) rings is 1. The van der Waals surface area contributed by atoms with E-state index in [1.165, 1.54) is 13.8 Å². The molecule has 2 atom stereocenters. The minimum absolute atomic E-state index is 0. The van der Waals surface area contributed by atoms with E-state index in [0.29, 0.717) is 0 Å². The molecular weight excluding hydrogens is 381 g/mol. The molecule has 0 saturated carbocycles. The molecule has 2 aliphatic rings. The number of sulfone groups is 1. The van der Waals surface area contributed by atoms with Crippen LogP contribution in [-0.2, 0) is 38.5 Å². The molecule has 1 amide bonds. The zero-order chi connectivity index (χ0) is 19.4. The van der Waals surface area contributed by atoms with Gasteiger partial charge in [0.25, 0.3) is 0 Å².